The third-order valence-corrected chi connectivity index (χ3v) is 2.25. The van der Waals surface area contributed by atoms with Crippen molar-refractivity contribution < 1.29 is 18.9 Å². The van der Waals surface area contributed by atoms with Crippen molar-refractivity contribution in [1.29, 1.82) is 0 Å². The molecule has 0 bridgehead atoms. The summed E-state index contributed by atoms with van der Waals surface area (Å²) in [6.07, 6.45) is 3.52. The number of halogens is 1. The van der Waals surface area contributed by atoms with Crippen molar-refractivity contribution in [3.63, 3.8) is 0 Å². The average molecular weight is 349 g/mol. The molecule has 0 aliphatic carbocycles. The van der Waals surface area contributed by atoms with Gasteiger partial charge in [-0.05, 0) is 46.1 Å². The molecular formula is C10H13BINO4. The van der Waals surface area contributed by atoms with Gasteiger partial charge in [0.15, 0.2) is 0 Å². The Hall–Kier alpha value is -0.825. The van der Waals surface area contributed by atoms with Crippen LogP contribution in [0.1, 0.15) is 6.92 Å². The molecule has 0 atom stereocenters. The molecule has 0 aromatic rings. The Bertz CT molecular complexity index is 345. The molecule has 0 spiro atoms. The predicted molar refractivity (Wildman–Crippen MR) is 72.4 cm³/mol. The van der Waals surface area contributed by atoms with E-state index in [0.717, 1.165) is 3.58 Å². The van der Waals surface area contributed by atoms with Gasteiger partial charge in [0.1, 0.15) is 0 Å². The molecule has 0 unspecified atom stereocenters. The Morgan fingerprint density at radius 3 is 2.35 bits per heavy atom. The van der Waals surface area contributed by atoms with Gasteiger partial charge in [-0.25, -0.2) is 0 Å². The van der Waals surface area contributed by atoms with Crippen molar-refractivity contribution in [1.82, 2.24) is 4.90 Å². The van der Waals surface area contributed by atoms with E-state index in [-0.39, 0.29) is 13.1 Å². The molecule has 1 aliphatic rings. The summed E-state index contributed by atoms with van der Waals surface area (Å²) in [7, 11) is 0.719. The lowest BCUT2D eigenvalue weighted by Gasteiger charge is -2.21. The van der Waals surface area contributed by atoms with Crippen molar-refractivity contribution in [2.75, 3.05) is 20.1 Å². The van der Waals surface area contributed by atoms with Gasteiger partial charge in [-0.2, -0.15) is 0 Å². The van der Waals surface area contributed by atoms with Gasteiger partial charge in [0.25, 0.3) is 0 Å². The van der Waals surface area contributed by atoms with Crippen molar-refractivity contribution in [3.05, 3.63) is 21.7 Å². The highest BCUT2D eigenvalue weighted by molar-refractivity contribution is 14.1. The first kappa shape index (κ1) is 14.2. The zero-order chi connectivity index (χ0) is 12.8. The third kappa shape index (κ3) is 5.87. The van der Waals surface area contributed by atoms with E-state index in [4.69, 9.17) is 9.31 Å². The number of hydrogen-bond acceptors (Lipinski definition) is 5. The van der Waals surface area contributed by atoms with Crippen molar-refractivity contribution in [2.45, 2.75) is 6.92 Å². The van der Waals surface area contributed by atoms with Gasteiger partial charge < -0.3 is 9.31 Å². The lowest BCUT2D eigenvalue weighted by molar-refractivity contribution is -0.145. The second-order valence-corrected chi connectivity index (χ2v) is 5.36. The molecule has 1 aliphatic heterocycles. The quantitative estimate of drug-likeness (QED) is 0.422. The molecule has 1 fully saturated rings. The van der Waals surface area contributed by atoms with Crippen LogP contribution < -0.4 is 0 Å². The first-order valence-electron chi connectivity index (χ1n) is 5.05. The maximum absolute atomic E-state index is 11.4. The third-order valence-electron chi connectivity index (χ3n) is 1.89. The number of likely N-dealkylation sites (N-methyl/N-ethyl adjacent to an activating group) is 1. The van der Waals surface area contributed by atoms with Gasteiger partial charge in [0, 0.05) is 0 Å². The van der Waals surface area contributed by atoms with E-state index < -0.39 is 19.1 Å². The molecule has 0 radical (unpaired) electrons. The molecule has 17 heavy (non-hydrogen) atoms. The first-order chi connectivity index (χ1) is 7.97. The van der Waals surface area contributed by atoms with Gasteiger partial charge in [0.2, 0.25) is 0 Å². The fourth-order valence-electron chi connectivity index (χ4n) is 1.21. The molecule has 7 heteroatoms. The van der Waals surface area contributed by atoms with Gasteiger partial charge in [-0.15, -0.1) is 0 Å². The van der Waals surface area contributed by atoms with E-state index in [2.05, 4.69) is 22.6 Å². The zero-order valence-electron chi connectivity index (χ0n) is 9.68. The van der Waals surface area contributed by atoms with E-state index in [1.807, 2.05) is 13.0 Å². The standard InChI is InChI=1S/C10H13BINO4/c1-8(12)4-3-5-11-16-9(14)6-13(2)7-10(15)17-11/h3-5H,6-7H2,1-2H3/b5-3+,8-4+. The smallest absolute Gasteiger partial charge is 0.495 e. The van der Waals surface area contributed by atoms with Crippen LogP contribution in [0, 0.1) is 0 Å². The van der Waals surface area contributed by atoms with Crippen LogP contribution in [0.4, 0.5) is 0 Å². The Morgan fingerprint density at radius 1 is 1.35 bits per heavy atom. The summed E-state index contributed by atoms with van der Waals surface area (Å²) in [4.78, 5) is 24.2. The second-order valence-electron chi connectivity index (χ2n) is 3.66. The van der Waals surface area contributed by atoms with Gasteiger partial charge in [0.05, 0.1) is 13.1 Å². The van der Waals surface area contributed by atoms with E-state index in [1.54, 1.807) is 18.0 Å². The molecule has 1 rings (SSSR count). The number of rotatable bonds is 2. The van der Waals surface area contributed by atoms with Crippen LogP contribution in [-0.2, 0) is 18.9 Å². The molecule has 0 aromatic carbocycles. The number of nitrogens with zero attached hydrogens (tertiary/aromatic N) is 1. The number of carbonyl (C=O) groups is 2. The van der Waals surface area contributed by atoms with Gasteiger partial charge >= 0.3 is 19.1 Å². The maximum Gasteiger partial charge on any atom is 0.628 e. The summed E-state index contributed by atoms with van der Waals surface area (Å²) in [5.74, 6) is 0.707. The fourth-order valence-corrected chi connectivity index (χ4v) is 1.42. The minimum absolute atomic E-state index is 0.0839. The topological polar surface area (TPSA) is 55.8 Å². The second kappa shape index (κ2) is 6.80. The van der Waals surface area contributed by atoms with E-state index in [9.17, 15) is 9.59 Å². The first-order valence-corrected chi connectivity index (χ1v) is 6.13. The Labute approximate surface area is 114 Å². The van der Waals surface area contributed by atoms with Crippen LogP contribution in [0.3, 0.4) is 0 Å². The van der Waals surface area contributed by atoms with Crippen LogP contribution in [-0.4, -0.2) is 44.1 Å². The average Bonchev–Trinajstić information content (AvgIpc) is 2.13. The molecular weight excluding hydrogens is 336 g/mol. The van der Waals surface area contributed by atoms with Gasteiger partial charge in [-0.1, -0.05) is 12.2 Å². The van der Waals surface area contributed by atoms with Crippen LogP contribution in [0.15, 0.2) is 21.7 Å². The van der Waals surface area contributed by atoms with Crippen LogP contribution >= 0.6 is 22.6 Å². The Balaban J connectivity index is 2.65. The normalized spacial score (nSPS) is 19.9. The molecule has 0 saturated carbocycles. The SMILES string of the molecule is C/C(I)=C\C=C\B1OC(=O)CN(C)CC(=O)O1. The van der Waals surface area contributed by atoms with E-state index in [1.165, 1.54) is 5.98 Å². The minimum Gasteiger partial charge on any atom is -0.495 e. The minimum atomic E-state index is -0.935. The Kier molecular flexibility index (Phi) is 5.69. The fraction of sp³-hybridized carbons (Fsp3) is 0.400. The molecule has 1 heterocycles. The van der Waals surface area contributed by atoms with Crippen LogP contribution in [0.2, 0.25) is 0 Å². The number of hydrogen-bond donors (Lipinski definition) is 0. The van der Waals surface area contributed by atoms with Crippen molar-refractivity contribution in [2.24, 2.45) is 0 Å². The summed E-state index contributed by atoms with van der Waals surface area (Å²) < 4.78 is 11.0. The zero-order valence-corrected chi connectivity index (χ0v) is 11.8. The predicted octanol–water partition coefficient (Wildman–Crippen LogP) is 0.941. The lowest BCUT2D eigenvalue weighted by Crippen LogP contribution is -2.41. The van der Waals surface area contributed by atoms with Gasteiger partial charge in [-0.3, -0.25) is 14.5 Å². The van der Waals surface area contributed by atoms with Crippen molar-refractivity contribution >= 4 is 41.6 Å². The summed E-state index contributed by atoms with van der Waals surface area (Å²) in [6, 6.07) is 0. The van der Waals surface area contributed by atoms with Crippen LogP contribution in [0.25, 0.3) is 0 Å². The Morgan fingerprint density at radius 2 is 1.88 bits per heavy atom. The largest absolute Gasteiger partial charge is 0.628 e. The molecule has 0 amide bonds. The highest BCUT2D eigenvalue weighted by atomic mass is 127. The molecule has 0 aromatic heterocycles. The monoisotopic (exact) mass is 349 g/mol. The van der Waals surface area contributed by atoms with Crippen LogP contribution in [0.5, 0.6) is 0 Å². The summed E-state index contributed by atoms with van der Waals surface area (Å²) >= 11 is 2.15. The summed E-state index contributed by atoms with van der Waals surface area (Å²) in [6.45, 7) is 2.09. The highest BCUT2D eigenvalue weighted by Gasteiger charge is 2.28. The number of carbonyl (C=O) groups excluding carboxylic acids is 2. The van der Waals surface area contributed by atoms with Crippen molar-refractivity contribution in [3.8, 4) is 0 Å². The number of allylic oxidation sites excluding steroid dienone is 3. The highest BCUT2D eigenvalue weighted by Crippen LogP contribution is 2.04. The molecule has 0 N–H and O–H groups in total. The lowest BCUT2D eigenvalue weighted by atomic mass is 9.89. The molecule has 1 saturated heterocycles. The van der Waals surface area contributed by atoms with E-state index >= 15 is 0 Å². The summed E-state index contributed by atoms with van der Waals surface area (Å²) in [5, 5.41) is 0. The maximum atomic E-state index is 11.4. The summed E-state index contributed by atoms with van der Waals surface area (Å²) in [5.41, 5.74) is 0. The van der Waals surface area contributed by atoms with E-state index in [0.29, 0.717) is 0 Å². The molecule has 92 valence electrons. The molecule has 5 nitrogen and oxygen atoms in total.